The van der Waals surface area contributed by atoms with Crippen LogP contribution in [-0.2, 0) is 35.7 Å². The molecule has 1 unspecified atom stereocenters. The van der Waals surface area contributed by atoms with Crippen molar-refractivity contribution in [2.45, 2.75) is 32.3 Å². The van der Waals surface area contributed by atoms with E-state index in [4.69, 9.17) is 9.47 Å². The summed E-state index contributed by atoms with van der Waals surface area (Å²) in [5.74, 6) is 0.0324. The van der Waals surface area contributed by atoms with Gasteiger partial charge in [-0.05, 0) is 47.4 Å². The first kappa shape index (κ1) is 24.9. The van der Waals surface area contributed by atoms with E-state index in [1.807, 2.05) is 36.4 Å². The van der Waals surface area contributed by atoms with Crippen LogP contribution in [0.1, 0.15) is 33.9 Å². The van der Waals surface area contributed by atoms with E-state index in [0.717, 1.165) is 24.1 Å². The molecule has 0 aromatic heterocycles. The lowest BCUT2D eigenvalue weighted by Gasteiger charge is -2.14. The number of rotatable bonds is 14. The smallest absolute Gasteiger partial charge is 0.121 e. The standard InChI is InChI=1S/C27H33NO5/c29-18-25-16-24(9-10-26(25)30)27(31)17-28-12-11-21-7-4-8-23(15-21)20-33-14-13-32-19-22-5-2-1-3-6-22/h1-10,15-16,27-31H,11-14,17-20H2. The van der Waals surface area contributed by atoms with Crippen molar-refractivity contribution in [3.63, 3.8) is 0 Å². The van der Waals surface area contributed by atoms with Crippen LogP contribution >= 0.6 is 0 Å². The van der Waals surface area contributed by atoms with E-state index >= 15 is 0 Å². The van der Waals surface area contributed by atoms with Gasteiger partial charge in [0.1, 0.15) is 5.75 Å². The van der Waals surface area contributed by atoms with Gasteiger partial charge in [-0.2, -0.15) is 0 Å². The number of hydrogen-bond acceptors (Lipinski definition) is 6. The summed E-state index contributed by atoms with van der Waals surface area (Å²) >= 11 is 0. The molecule has 0 saturated heterocycles. The molecule has 0 aliphatic carbocycles. The van der Waals surface area contributed by atoms with E-state index in [9.17, 15) is 15.3 Å². The molecule has 3 rings (SSSR count). The summed E-state index contributed by atoms with van der Waals surface area (Å²) in [6, 6.07) is 23.2. The Bertz CT molecular complexity index is 964. The Kier molecular flexibility index (Phi) is 10.4. The minimum absolute atomic E-state index is 0.0324. The molecule has 6 heteroatoms. The number of ether oxygens (including phenoxy) is 2. The number of phenols is 1. The second-order valence-electron chi connectivity index (χ2n) is 7.93. The summed E-state index contributed by atoms with van der Waals surface area (Å²) in [5.41, 5.74) is 4.55. The van der Waals surface area contributed by atoms with E-state index in [2.05, 4.69) is 23.5 Å². The van der Waals surface area contributed by atoms with E-state index in [0.29, 0.717) is 44.1 Å². The molecule has 0 amide bonds. The Labute approximate surface area is 195 Å². The Hall–Kier alpha value is -2.74. The maximum atomic E-state index is 10.3. The van der Waals surface area contributed by atoms with Crippen molar-refractivity contribution < 1.29 is 24.8 Å². The highest BCUT2D eigenvalue weighted by molar-refractivity contribution is 5.36. The zero-order chi connectivity index (χ0) is 23.3. The molecule has 0 bridgehead atoms. The summed E-state index contributed by atoms with van der Waals surface area (Å²) in [6.07, 6.45) is 0.123. The predicted octanol–water partition coefficient (Wildman–Crippen LogP) is 3.48. The largest absolute Gasteiger partial charge is 0.508 e. The minimum atomic E-state index is -0.709. The number of benzene rings is 3. The third-order valence-electron chi connectivity index (χ3n) is 5.33. The Morgan fingerprint density at radius 1 is 0.788 bits per heavy atom. The molecule has 176 valence electrons. The molecule has 0 aliphatic heterocycles. The molecule has 3 aromatic rings. The average Bonchev–Trinajstić information content (AvgIpc) is 2.85. The molecule has 4 N–H and O–H groups in total. The van der Waals surface area contributed by atoms with Crippen LogP contribution in [0.15, 0.2) is 72.8 Å². The maximum absolute atomic E-state index is 10.3. The van der Waals surface area contributed by atoms with Gasteiger partial charge in [-0.15, -0.1) is 0 Å². The van der Waals surface area contributed by atoms with Crippen LogP contribution in [0.2, 0.25) is 0 Å². The Morgan fingerprint density at radius 2 is 1.48 bits per heavy atom. The van der Waals surface area contributed by atoms with Crippen LogP contribution in [-0.4, -0.2) is 41.6 Å². The molecule has 3 aromatic carbocycles. The second kappa shape index (κ2) is 13.7. The normalized spacial score (nSPS) is 12.1. The van der Waals surface area contributed by atoms with Crippen molar-refractivity contribution in [3.8, 4) is 5.75 Å². The van der Waals surface area contributed by atoms with Gasteiger partial charge in [-0.3, -0.25) is 0 Å². The molecular formula is C27H33NO5. The first-order valence-electron chi connectivity index (χ1n) is 11.2. The zero-order valence-electron chi connectivity index (χ0n) is 18.8. The van der Waals surface area contributed by atoms with Crippen LogP contribution < -0.4 is 5.32 Å². The second-order valence-corrected chi connectivity index (χ2v) is 7.93. The highest BCUT2D eigenvalue weighted by Gasteiger charge is 2.10. The Morgan fingerprint density at radius 3 is 2.24 bits per heavy atom. The molecule has 1 atom stereocenters. The molecule has 0 fully saturated rings. The fourth-order valence-electron chi connectivity index (χ4n) is 3.48. The van der Waals surface area contributed by atoms with Crippen molar-refractivity contribution in [3.05, 3.63) is 101 Å². The molecular weight excluding hydrogens is 418 g/mol. The van der Waals surface area contributed by atoms with Gasteiger partial charge in [0, 0.05) is 12.1 Å². The van der Waals surface area contributed by atoms with Gasteiger partial charge in [0.2, 0.25) is 0 Å². The van der Waals surface area contributed by atoms with Crippen LogP contribution in [0.3, 0.4) is 0 Å². The quantitative estimate of drug-likeness (QED) is 0.281. The van der Waals surface area contributed by atoms with Crippen molar-refractivity contribution in [1.82, 2.24) is 5.32 Å². The maximum Gasteiger partial charge on any atom is 0.121 e. The molecule has 0 aliphatic rings. The van der Waals surface area contributed by atoms with Crippen molar-refractivity contribution >= 4 is 0 Å². The van der Waals surface area contributed by atoms with Gasteiger partial charge in [-0.25, -0.2) is 0 Å². The summed E-state index contributed by atoms with van der Waals surface area (Å²) < 4.78 is 11.4. The molecule has 0 heterocycles. The van der Waals surface area contributed by atoms with Gasteiger partial charge in [-0.1, -0.05) is 60.7 Å². The van der Waals surface area contributed by atoms with E-state index < -0.39 is 6.10 Å². The average molecular weight is 452 g/mol. The molecule has 33 heavy (non-hydrogen) atoms. The third kappa shape index (κ3) is 8.61. The van der Waals surface area contributed by atoms with E-state index in [1.165, 1.54) is 11.6 Å². The van der Waals surface area contributed by atoms with Crippen LogP contribution in [0.5, 0.6) is 5.75 Å². The lowest BCUT2D eigenvalue weighted by molar-refractivity contribution is 0.0339. The van der Waals surface area contributed by atoms with Crippen LogP contribution in [0, 0.1) is 0 Å². The molecule has 0 radical (unpaired) electrons. The number of nitrogens with one attached hydrogen (secondary N) is 1. The topological polar surface area (TPSA) is 91.2 Å². The first-order valence-corrected chi connectivity index (χ1v) is 11.2. The highest BCUT2D eigenvalue weighted by atomic mass is 16.5. The number of hydrogen-bond donors (Lipinski definition) is 4. The monoisotopic (exact) mass is 451 g/mol. The lowest BCUT2D eigenvalue weighted by Crippen LogP contribution is -2.23. The van der Waals surface area contributed by atoms with Gasteiger partial charge in [0.05, 0.1) is 39.1 Å². The number of aliphatic hydroxyl groups excluding tert-OH is 2. The summed E-state index contributed by atoms with van der Waals surface area (Å²) in [4.78, 5) is 0. The fraction of sp³-hybridized carbons (Fsp3) is 0.333. The van der Waals surface area contributed by atoms with Crippen molar-refractivity contribution in [2.75, 3.05) is 26.3 Å². The minimum Gasteiger partial charge on any atom is -0.508 e. The zero-order valence-corrected chi connectivity index (χ0v) is 18.8. The van der Waals surface area contributed by atoms with Gasteiger partial charge < -0.3 is 30.1 Å². The van der Waals surface area contributed by atoms with E-state index in [1.54, 1.807) is 12.1 Å². The molecule has 0 saturated carbocycles. The highest BCUT2D eigenvalue weighted by Crippen LogP contribution is 2.22. The first-order chi connectivity index (χ1) is 16.2. The molecule has 0 spiro atoms. The van der Waals surface area contributed by atoms with Crippen LogP contribution in [0.25, 0.3) is 0 Å². The Balaban J connectivity index is 1.31. The summed E-state index contributed by atoms with van der Waals surface area (Å²) in [6.45, 7) is 3.09. The summed E-state index contributed by atoms with van der Waals surface area (Å²) in [7, 11) is 0. The van der Waals surface area contributed by atoms with Gasteiger partial charge in [0.25, 0.3) is 0 Å². The third-order valence-corrected chi connectivity index (χ3v) is 5.33. The summed E-state index contributed by atoms with van der Waals surface area (Å²) in [5, 5.41) is 32.5. The number of aromatic hydroxyl groups is 1. The number of aliphatic hydroxyl groups is 2. The molecule has 6 nitrogen and oxygen atoms in total. The lowest BCUT2D eigenvalue weighted by atomic mass is 10.0. The van der Waals surface area contributed by atoms with Crippen molar-refractivity contribution in [1.29, 1.82) is 0 Å². The SMILES string of the molecule is OCc1cc(C(O)CNCCc2cccc(COCCOCc3ccccc3)c2)ccc1O. The van der Waals surface area contributed by atoms with E-state index in [-0.39, 0.29) is 12.4 Å². The van der Waals surface area contributed by atoms with Gasteiger partial charge >= 0.3 is 0 Å². The predicted molar refractivity (Wildman–Crippen MR) is 128 cm³/mol. The fourth-order valence-corrected chi connectivity index (χ4v) is 3.48. The van der Waals surface area contributed by atoms with Crippen molar-refractivity contribution in [2.24, 2.45) is 0 Å². The van der Waals surface area contributed by atoms with Crippen LogP contribution in [0.4, 0.5) is 0 Å². The van der Waals surface area contributed by atoms with Gasteiger partial charge in [0.15, 0.2) is 0 Å².